The highest BCUT2D eigenvalue weighted by atomic mass is 16.5. The lowest BCUT2D eigenvalue weighted by atomic mass is 10.2. The lowest BCUT2D eigenvalue weighted by molar-refractivity contribution is -0.116. The zero-order valence-corrected chi connectivity index (χ0v) is 10.5. The minimum atomic E-state index is -0.387. The van der Waals surface area contributed by atoms with E-state index in [9.17, 15) is 4.79 Å². The third-order valence-electron chi connectivity index (χ3n) is 2.98. The van der Waals surface area contributed by atoms with Crippen LogP contribution in [0.2, 0.25) is 0 Å². The first-order valence-electron chi connectivity index (χ1n) is 5.71. The summed E-state index contributed by atoms with van der Waals surface area (Å²) in [6.45, 7) is 2.62. The molecule has 2 aromatic rings. The summed E-state index contributed by atoms with van der Waals surface area (Å²) in [5, 5.41) is 0.873. The number of nitrogen functional groups attached to an aromatic ring is 1. The number of methoxy groups -OCH3 is 1. The molecule has 0 spiro atoms. The van der Waals surface area contributed by atoms with Gasteiger partial charge in [-0.1, -0.05) is 0 Å². The van der Waals surface area contributed by atoms with Gasteiger partial charge in [0.25, 0.3) is 0 Å². The smallest absolute Gasteiger partial charge is 0.148 e. The molecule has 2 heterocycles. The standard InChI is InChI=1S/C12H16N4O2/c1-8-5-16(4-3-9(6-17)18-2)12-10(8)11(13)14-7-15-12/h5-7,9H,3-4H2,1-2H3,(H2,13,14,15). The highest BCUT2D eigenvalue weighted by molar-refractivity contribution is 5.89. The highest BCUT2D eigenvalue weighted by Gasteiger charge is 2.12. The van der Waals surface area contributed by atoms with Gasteiger partial charge in [0.2, 0.25) is 0 Å². The molecule has 0 saturated carbocycles. The number of ether oxygens (including phenoxy) is 1. The molecule has 2 aromatic heterocycles. The first-order valence-corrected chi connectivity index (χ1v) is 5.71. The summed E-state index contributed by atoms with van der Waals surface area (Å²) in [4.78, 5) is 18.9. The molecule has 2 N–H and O–H groups in total. The maximum absolute atomic E-state index is 10.7. The first kappa shape index (κ1) is 12.5. The van der Waals surface area contributed by atoms with Gasteiger partial charge in [0.1, 0.15) is 30.2 Å². The van der Waals surface area contributed by atoms with Gasteiger partial charge in [-0.25, -0.2) is 9.97 Å². The fourth-order valence-corrected chi connectivity index (χ4v) is 2.02. The minimum Gasteiger partial charge on any atom is -0.383 e. The molecule has 0 aromatic carbocycles. The van der Waals surface area contributed by atoms with Crippen LogP contribution in [0.1, 0.15) is 12.0 Å². The van der Waals surface area contributed by atoms with Gasteiger partial charge in [0.15, 0.2) is 0 Å². The maximum Gasteiger partial charge on any atom is 0.148 e. The molecule has 0 amide bonds. The third-order valence-corrected chi connectivity index (χ3v) is 2.98. The Morgan fingerprint density at radius 1 is 1.56 bits per heavy atom. The van der Waals surface area contributed by atoms with Crippen molar-refractivity contribution < 1.29 is 9.53 Å². The maximum atomic E-state index is 10.7. The fourth-order valence-electron chi connectivity index (χ4n) is 2.02. The van der Waals surface area contributed by atoms with Crippen molar-refractivity contribution in [3.05, 3.63) is 18.1 Å². The summed E-state index contributed by atoms with van der Waals surface area (Å²) >= 11 is 0. The Morgan fingerprint density at radius 2 is 2.33 bits per heavy atom. The second-order valence-electron chi connectivity index (χ2n) is 4.16. The molecule has 1 atom stereocenters. The zero-order valence-electron chi connectivity index (χ0n) is 10.5. The lowest BCUT2D eigenvalue weighted by Gasteiger charge is -2.09. The number of hydrogen-bond acceptors (Lipinski definition) is 5. The van der Waals surface area contributed by atoms with Crippen LogP contribution >= 0.6 is 0 Å². The fraction of sp³-hybridized carbons (Fsp3) is 0.417. The molecule has 6 heteroatoms. The van der Waals surface area contributed by atoms with Crippen LogP contribution in [-0.4, -0.2) is 34.0 Å². The number of aryl methyl sites for hydroxylation is 2. The van der Waals surface area contributed by atoms with Crippen molar-refractivity contribution in [1.29, 1.82) is 0 Å². The van der Waals surface area contributed by atoms with E-state index in [1.54, 1.807) is 0 Å². The molecule has 96 valence electrons. The van der Waals surface area contributed by atoms with E-state index in [0.29, 0.717) is 18.8 Å². The summed E-state index contributed by atoms with van der Waals surface area (Å²) in [5.41, 5.74) is 7.66. The Kier molecular flexibility index (Phi) is 3.57. The molecule has 18 heavy (non-hydrogen) atoms. The number of hydrogen-bond donors (Lipinski definition) is 1. The van der Waals surface area contributed by atoms with Gasteiger partial charge < -0.3 is 19.8 Å². The second-order valence-corrected chi connectivity index (χ2v) is 4.16. The molecule has 0 bridgehead atoms. The summed E-state index contributed by atoms with van der Waals surface area (Å²) in [5.74, 6) is 0.481. The molecule has 0 aliphatic rings. The topological polar surface area (TPSA) is 83.0 Å². The Hall–Kier alpha value is -1.95. The first-order chi connectivity index (χ1) is 8.67. The van der Waals surface area contributed by atoms with Crippen molar-refractivity contribution in [2.45, 2.75) is 26.0 Å². The highest BCUT2D eigenvalue weighted by Crippen LogP contribution is 2.23. The molecular weight excluding hydrogens is 232 g/mol. The van der Waals surface area contributed by atoms with Gasteiger partial charge in [-0.15, -0.1) is 0 Å². The molecule has 0 aliphatic carbocycles. The van der Waals surface area contributed by atoms with E-state index in [4.69, 9.17) is 10.5 Å². The van der Waals surface area contributed by atoms with Gasteiger partial charge in [-0.05, 0) is 18.9 Å². The van der Waals surface area contributed by atoms with Gasteiger partial charge in [-0.2, -0.15) is 0 Å². The normalized spacial score (nSPS) is 12.8. The van der Waals surface area contributed by atoms with E-state index in [1.165, 1.54) is 13.4 Å². The van der Waals surface area contributed by atoms with Gasteiger partial charge in [0, 0.05) is 19.9 Å². The van der Waals surface area contributed by atoms with Crippen molar-refractivity contribution in [1.82, 2.24) is 14.5 Å². The number of carbonyl (C=O) groups is 1. The zero-order chi connectivity index (χ0) is 13.1. The molecule has 6 nitrogen and oxygen atoms in total. The van der Waals surface area contributed by atoms with Crippen LogP contribution in [0.5, 0.6) is 0 Å². The minimum absolute atomic E-state index is 0.387. The SMILES string of the molecule is COC(C=O)CCn1cc(C)c2c(N)ncnc21. The van der Waals surface area contributed by atoms with Crippen molar-refractivity contribution in [2.24, 2.45) is 0 Å². The molecule has 0 fully saturated rings. The summed E-state index contributed by atoms with van der Waals surface area (Å²) in [6.07, 6.45) is 4.44. The average molecular weight is 248 g/mol. The molecule has 2 rings (SSSR count). The van der Waals surface area contributed by atoms with Gasteiger partial charge in [0.05, 0.1) is 5.39 Å². The largest absolute Gasteiger partial charge is 0.383 e. The van der Waals surface area contributed by atoms with Crippen molar-refractivity contribution in [2.75, 3.05) is 12.8 Å². The van der Waals surface area contributed by atoms with Crippen molar-refractivity contribution >= 4 is 23.1 Å². The van der Waals surface area contributed by atoms with E-state index in [1.807, 2.05) is 17.7 Å². The summed E-state index contributed by atoms with van der Waals surface area (Å²) < 4.78 is 7.00. The predicted molar refractivity (Wildman–Crippen MR) is 68.2 cm³/mol. The quantitative estimate of drug-likeness (QED) is 0.796. The molecule has 0 aliphatic heterocycles. The summed E-state index contributed by atoms with van der Waals surface area (Å²) in [6, 6.07) is 0. The van der Waals surface area contributed by atoms with Crippen LogP contribution in [0.15, 0.2) is 12.5 Å². The molecule has 0 radical (unpaired) electrons. The van der Waals surface area contributed by atoms with Crippen molar-refractivity contribution in [3.63, 3.8) is 0 Å². The van der Waals surface area contributed by atoms with Crippen LogP contribution in [0.4, 0.5) is 5.82 Å². The van der Waals surface area contributed by atoms with Crippen LogP contribution in [0, 0.1) is 6.92 Å². The van der Waals surface area contributed by atoms with Gasteiger partial charge in [-0.3, -0.25) is 0 Å². The van der Waals surface area contributed by atoms with Crippen molar-refractivity contribution in [3.8, 4) is 0 Å². The average Bonchev–Trinajstić information content (AvgIpc) is 2.69. The number of anilines is 1. The predicted octanol–water partition coefficient (Wildman–Crippen LogP) is 0.926. The number of aromatic nitrogens is 3. The van der Waals surface area contributed by atoms with E-state index in [-0.39, 0.29) is 6.10 Å². The molecule has 0 saturated heterocycles. The number of fused-ring (bicyclic) bond motifs is 1. The number of aldehydes is 1. The van der Waals surface area contributed by atoms with Crippen LogP contribution < -0.4 is 5.73 Å². The Labute approximate surface area is 105 Å². The van der Waals surface area contributed by atoms with E-state index >= 15 is 0 Å². The number of carbonyl (C=O) groups excluding carboxylic acids is 1. The van der Waals surface area contributed by atoms with E-state index in [2.05, 4.69) is 9.97 Å². The number of nitrogens with zero attached hydrogens (tertiary/aromatic N) is 3. The number of rotatable bonds is 5. The Morgan fingerprint density at radius 3 is 3.00 bits per heavy atom. The monoisotopic (exact) mass is 248 g/mol. The third kappa shape index (κ3) is 2.19. The second kappa shape index (κ2) is 5.14. The Balaban J connectivity index is 2.29. The Bertz CT molecular complexity index is 564. The van der Waals surface area contributed by atoms with E-state index < -0.39 is 0 Å². The molecule has 1 unspecified atom stereocenters. The van der Waals surface area contributed by atoms with E-state index in [0.717, 1.165) is 22.9 Å². The van der Waals surface area contributed by atoms with Crippen LogP contribution in [0.25, 0.3) is 11.0 Å². The number of nitrogens with two attached hydrogens (primary N) is 1. The lowest BCUT2D eigenvalue weighted by Crippen LogP contribution is -2.15. The molecular formula is C12H16N4O2. The summed E-state index contributed by atoms with van der Waals surface area (Å²) in [7, 11) is 1.53. The van der Waals surface area contributed by atoms with Gasteiger partial charge >= 0.3 is 0 Å². The van der Waals surface area contributed by atoms with Crippen LogP contribution in [-0.2, 0) is 16.1 Å². The van der Waals surface area contributed by atoms with Crippen LogP contribution in [0.3, 0.4) is 0 Å².